The minimum absolute atomic E-state index is 0.0867. The van der Waals surface area contributed by atoms with Gasteiger partial charge in [0.2, 0.25) is 0 Å². The van der Waals surface area contributed by atoms with Crippen LogP contribution in [-0.4, -0.2) is 23.0 Å². The van der Waals surface area contributed by atoms with Crippen LogP contribution in [0, 0.1) is 9.39 Å². The first-order valence-corrected chi connectivity index (χ1v) is 11.1. The van der Waals surface area contributed by atoms with E-state index in [1.807, 2.05) is 12.1 Å². The maximum Gasteiger partial charge on any atom is 0.258 e. The Morgan fingerprint density at radius 3 is 2.57 bits per heavy atom. The molecule has 0 aromatic heterocycles. The first-order valence-electron chi connectivity index (χ1n) is 8.88. The van der Waals surface area contributed by atoms with Crippen LogP contribution in [0.1, 0.15) is 27.0 Å². The number of carbonyl (C=O) groups is 1. The van der Waals surface area contributed by atoms with Gasteiger partial charge in [0, 0.05) is 30.7 Å². The van der Waals surface area contributed by atoms with Crippen molar-refractivity contribution in [1.29, 1.82) is 0 Å². The standard InChI is InChI=1S/C22H15BrClFINO3/c1-30-14-5-2-12(3-6-14)11-27-21(28)19-18(26)9-7-16(23)20(19)22(27,29)15-10-13(25)4-8-17(15)24/h2-10,29H,11H2,1H3. The van der Waals surface area contributed by atoms with E-state index in [1.165, 1.54) is 17.0 Å². The number of carbonyl (C=O) groups excluding carboxylic acids is 1. The van der Waals surface area contributed by atoms with Crippen LogP contribution < -0.4 is 4.74 Å². The van der Waals surface area contributed by atoms with Crippen LogP contribution >= 0.6 is 50.1 Å². The van der Waals surface area contributed by atoms with E-state index >= 15 is 0 Å². The smallest absolute Gasteiger partial charge is 0.258 e. The second-order valence-electron chi connectivity index (χ2n) is 6.81. The lowest BCUT2D eigenvalue weighted by atomic mass is 9.93. The molecule has 154 valence electrons. The van der Waals surface area contributed by atoms with Gasteiger partial charge in [-0.3, -0.25) is 9.69 Å². The minimum atomic E-state index is -1.95. The third kappa shape index (κ3) is 3.41. The summed E-state index contributed by atoms with van der Waals surface area (Å²) in [6.45, 7) is 0.0867. The third-order valence-corrected chi connectivity index (χ3v) is 6.99. The molecule has 1 atom stereocenters. The Morgan fingerprint density at radius 2 is 1.90 bits per heavy atom. The van der Waals surface area contributed by atoms with Gasteiger partial charge in [-0.05, 0) is 70.6 Å². The summed E-state index contributed by atoms with van der Waals surface area (Å²) < 4.78 is 20.6. The van der Waals surface area contributed by atoms with Gasteiger partial charge < -0.3 is 9.84 Å². The Hall–Kier alpha value is -1.68. The third-order valence-electron chi connectivity index (χ3n) is 5.11. The molecule has 8 heteroatoms. The van der Waals surface area contributed by atoms with E-state index in [-0.39, 0.29) is 23.0 Å². The molecular formula is C22H15BrClFINO3. The van der Waals surface area contributed by atoms with E-state index in [0.29, 0.717) is 24.9 Å². The van der Waals surface area contributed by atoms with Gasteiger partial charge in [-0.1, -0.05) is 39.7 Å². The van der Waals surface area contributed by atoms with Crippen LogP contribution in [0.3, 0.4) is 0 Å². The van der Waals surface area contributed by atoms with Gasteiger partial charge in [0.05, 0.1) is 12.7 Å². The zero-order chi connectivity index (χ0) is 21.6. The second kappa shape index (κ2) is 8.11. The Bertz CT molecular complexity index is 1160. The number of benzene rings is 3. The number of halogens is 4. The number of hydrogen-bond acceptors (Lipinski definition) is 3. The number of ether oxygens (including phenoxy) is 1. The minimum Gasteiger partial charge on any atom is -0.497 e. The maximum absolute atomic E-state index is 14.2. The van der Waals surface area contributed by atoms with Gasteiger partial charge >= 0.3 is 0 Å². The lowest BCUT2D eigenvalue weighted by molar-refractivity contribution is -0.0548. The summed E-state index contributed by atoms with van der Waals surface area (Å²) in [5, 5.41) is 12.2. The summed E-state index contributed by atoms with van der Waals surface area (Å²) in [5.41, 5.74) is -0.366. The lowest BCUT2D eigenvalue weighted by Gasteiger charge is -2.36. The Labute approximate surface area is 199 Å². The highest BCUT2D eigenvalue weighted by atomic mass is 127. The van der Waals surface area contributed by atoms with Crippen molar-refractivity contribution in [3.8, 4) is 5.75 Å². The van der Waals surface area contributed by atoms with Crippen molar-refractivity contribution < 1.29 is 19.0 Å². The van der Waals surface area contributed by atoms with E-state index in [2.05, 4.69) is 38.5 Å². The SMILES string of the molecule is COc1ccc(CN2C(=O)c3c(I)ccc(Br)c3C2(O)c2cc(F)ccc2Cl)cc1. The number of nitrogens with zero attached hydrogens (tertiary/aromatic N) is 1. The molecule has 0 radical (unpaired) electrons. The van der Waals surface area contributed by atoms with Crippen molar-refractivity contribution in [1.82, 2.24) is 4.90 Å². The second-order valence-corrected chi connectivity index (χ2v) is 9.24. The average Bonchev–Trinajstić information content (AvgIpc) is 2.96. The largest absolute Gasteiger partial charge is 0.497 e. The number of hydrogen-bond donors (Lipinski definition) is 1. The molecule has 1 aliphatic rings. The van der Waals surface area contributed by atoms with Crippen LogP contribution in [-0.2, 0) is 12.3 Å². The summed E-state index contributed by atoms with van der Waals surface area (Å²) in [6.07, 6.45) is 0. The number of fused-ring (bicyclic) bond motifs is 1. The van der Waals surface area contributed by atoms with Crippen molar-refractivity contribution >= 4 is 56.0 Å². The van der Waals surface area contributed by atoms with Crippen LogP contribution in [0.25, 0.3) is 0 Å². The molecule has 3 aromatic carbocycles. The highest BCUT2D eigenvalue weighted by Gasteiger charge is 2.53. The van der Waals surface area contributed by atoms with Crippen LogP contribution in [0.4, 0.5) is 4.39 Å². The maximum atomic E-state index is 14.2. The molecule has 1 unspecified atom stereocenters. The number of amides is 1. The summed E-state index contributed by atoms with van der Waals surface area (Å²) in [7, 11) is 1.57. The fourth-order valence-electron chi connectivity index (χ4n) is 3.66. The molecule has 1 aliphatic heterocycles. The van der Waals surface area contributed by atoms with Gasteiger partial charge in [0.15, 0.2) is 5.72 Å². The van der Waals surface area contributed by atoms with Gasteiger partial charge in [0.1, 0.15) is 11.6 Å². The molecule has 0 aliphatic carbocycles. The number of methoxy groups -OCH3 is 1. The first-order chi connectivity index (χ1) is 14.3. The molecular weight excluding hydrogens is 588 g/mol. The Kier molecular flexibility index (Phi) is 5.82. The molecule has 4 rings (SSSR count). The van der Waals surface area contributed by atoms with Crippen molar-refractivity contribution in [3.63, 3.8) is 0 Å². The molecule has 1 N–H and O–H groups in total. The number of rotatable bonds is 4. The van der Waals surface area contributed by atoms with Gasteiger partial charge in [-0.25, -0.2) is 4.39 Å². The molecule has 0 saturated heterocycles. The molecule has 1 amide bonds. The monoisotopic (exact) mass is 601 g/mol. The first kappa shape index (κ1) is 21.5. The van der Waals surface area contributed by atoms with Crippen LogP contribution in [0.2, 0.25) is 5.02 Å². The van der Waals surface area contributed by atoms with E-state index in [4.69, 9.17) is 16.3 Å². The van der Waals surface area contributed by atoms with Gasteiger partial charge in [-0.2, -0.15) is 0 Å². The summed E-state index contributed by atoms with van der Waals surface area (Å²) in [5.74, 6) is -0.250. The summed E-state index contributed by atoms with van der Waals surface area (Å²) in [6, 6.07) is 14.5. The van der Waals surface area contributed by atoms with Crippen molar-refractivity contribution in [2.24, 2.45) is 0 Å². The normalized spacial score (nSPS) is 17.9. The quantitative estimate of drug-likeness (QED) is 0.390. The highest BCUT2D eigenvalue weighted by Crippen LogP contribution is 2.49. The molecule has 3 aromatic rings. The van der Waals surface area contributed by atoms with E-state index in [9.17, 15) is 14.3 Å². The van der Waals surface area contributed by atoms with Gasteiger partial charge in [0.25, 0.3) is 5.91 Å². The molecule has 0 saturated carbocycles. The Balaban J connectivity index is 1.93. The molecule has 30 heavy (non-hydrogen) atoms. The highest BCUT2D eigenvalue weighted by molar-refractivity contribution is 14.1. The molecule has 1 heterocycles. The topological polar surface area (TPSA) is 49.8 Å². The van der Waals surface area contributed by atoms with Gasteiger partial charge in [-0.15, -0.1) is 0 Å². The summed E-state index contributed by atoms with van der Waals surface area (Å²) >= 11 is 11.9. The predicted molar refractivity (Wildman–Crippen MR) is 124 cm³/mol. The predicted octanol–water partition coefficient (Wildman–Crippen LogP) is 5.70. The van der Waals surface area contributed by atoms with E-state index in [0.717, 1.165) is 11.6 Å². The van der Waals surface area contributed by atoms with Crippen LogP contribution in [0.5, 0.6) is 5.75 Å². The van der Waals surface area contributed by atoms with E-state index in [1.54, 1.807) is 31.4 Å². The summed E-state index contributed by atoms with van der Waals surface area (Å²) in [4.78, 5) is 14.8. The molecule has 0 fully saturated rings. The fraction of sp³-hybridized carbons (Fsp3) is 0.136. The molecule has 0 spiro atoms. The average molecular weight is 603 g/mol. The van der Waals surface area contributed by atoms with E-state index < -0.39 is 11.5 Å². The number of aliphatic hydroxyl groups is 1. The van der Waals surface area contributed by atoms with Crippen molar-refractivity contribution in [2.45, 2.75) is 12.3 Å². The lowest BCUT2D eigenvalue weighted by Crippen LogP contribution is -2.44. The molecule has 4 nitrogen and oxygen atoms in total. The van der Waals surface area contributed by atoms with Crippen LogP contribution in [0.15, 0.2) is 59.1 Å². The van der Waals surface area contributed by atoms with Crippen molar-refractivity contribution in [2.75, 3.05) is 7.11 Å². The zero-order valence-corrected chi connectivity index (χ0v) is 20.1. The Morgan fingerprint density at radius 1 is 1.20 bits per heavy atom. The van der Waals surface area contributed by atoms with Crippen molar-refractivity contribution in [3.05, 3.63) is 95.7 Å². The molecule has 0 bridgehead atoms. The zero-order valence-electron chi connectivity index (χ0n) is 15.6. The fourth-order valence-corrected chi connectivity index (χ4v) is 5.20.